The first-order valence-electron chi connectivity index (χ1n) is 3.83. The van der Waals surface area contributed by atoms with Crippen molar-refractivity contribution in [1.82, 2.24) is 0 Å². The molecule has 1 rings (SSSR count). The van der Waals surface area contributed by atoms with Gasteiger partial charge < -0.3 is 14.6 Å². The van der Waals surface area contributed by atoms with Gasteiger partial charge in [0.1, 0.15) is 6.10 Å². The van der Waals surface area contributed by atoms with E-state index >= 15 is 0 Å². The largest absolute Gasteiger partial charge is 0.390 e. The van der Waals surface area contributed by atoms with Crippen LogP contribution in [0.15, 0.2) is 12.7 Å². The molecule has 11 heavy (non-hydrogen) atoms. The van der Waals surface area contributed by atoms with Crippen LogP contribution in [-0.2, 0) is 9.47 Å². The van der Waals surface area contributed by atoms with Gasteiger partial charge in [0.15, 0.2) is 0 Å². The van der Waals surface area contributed by atoms with E-state index in [1.807, 2.05) is 0 Å². The lowest BCUT2D eigenvalue weighted by molar-refractivity contribution is -0.131. The summed E-state index contributed by atoms with van der Waals surface area (Å²) in [4.78, 5) is 0. The monoisotopic (exact) mass is 158 g/mol. The van der Waals surface area contributed by atoms with Crippen LogP contribution >= 0.6 is 0 Å². The van der Waals surface area contributed by atoms with Gasteiger partial charge in [-0.05, 0) is 6.42 Å². The second-order valence-electron chi connectivity index (χ2n) is 2.58. The van der Waals surface area contributed by atoms with Crippen LogP contribution in [0.25, 0.3) is 0 Å². The van der Waals surface area contributed by atoms with Crippen molar-refractivity contribution >= 4 is 0 Å². The molecular weight excluding hydrogens is 144 g/mol. The first kappa shape index (κ1) is 8.71. The van der Waals surface area contributed by atoms with Crippen LogP contribution in [0.4, 0.5) is 0 Å². The van der Waals surface area contributed by atoms with Gasteiger partial charge in [-0.25, -0.2) is 0 Å². The first-order valence-corrected chi connectivity index (χ1v) is 3.83. The van der Waals surface area contributed by atoms with Gasteiger partial charge in [-0.15, -0.1) is 6.58 Å². The summed E-state index contributed by atoms with van der Waals surface area (Å²) in [6.07, 6.45) is 1.62. The van der Waals surface area contributed by atoms with Crippen molar-refractivity contribution in [1.29, 1.82) is 0 Å². The Morgan fingerprint density at radius 1 is 1.64 bits per heavy atom. The Morgan fingerprint density at radius 2 is 2.45 bits per heavy atom. The van der Waals surface area contributed by atoms with E-state index in [9.17, 15) is 5.11 Å². The van der Waals surface area contributed by atoms with E-state index in [1.54, 1.807) is 6.08 Å². The third-order valence-corrected chi connectivity index (χ3v) is 1.68. The van der Waals surface area contributed by atoms with Crippen LogP contribution in [0.5, 0.6) is 0 Å². The minimum absolute atomic E-state index is 0.165. The number of aliphatic hydroxyl groups is 1. The van der Waals surface area contributed by atoms with E-state index in [4.69, 9.17) is 9.47 Å². The molecule has 3 nitrogen and oxygen atoms in total. The average Bonchev–Trinajstić information content (AvgIpc) is 2.07. The molecule has 0 aliphatic carbocycles. The third kappa shape index (κ3) is 2.61. The highest BCUT2D eigenvalue weighted by molar-refractivity contribution is 4.79. The lowest BCUT2D eigenvalue weighted by Gasteiger charge is -2.26. The van der Waals surface area contributed by atoms with E-state index in [0.717, 1.165) is 0 Å². The lowest BCUT2D eigenvalue weighted by Crippen LogP contribution is -2.38. The summed E-state index contributed by atoms with van der Waals surface area (Å²) in [5.74, 6) is 0. The highest BCUT2D eigenvalue weighted by Gasteiger charge is 2.21. The molecule has 0 aromatic carbocycles. The van der Waals surface area contributed by atoms with E-state index in [-0.39, 0.29) is 6.10 Å². The fourth-order valence-electron chi connectivity index (χ4n) is 1.05. The van der Waals surface area contributed by atoms with Crippen molar-refractivity contribution in [2.45, 2.75) is 18.6 Å². The molecule has 1 saturated heterocycles. The molecule has 1 aliphatic rings. The molecule has 1 heterocycles. The second-order valence-corrected chi connectivity index (χ2v) is 2.58. The summed E-state index contributed by atoms with van der Waals surface area (Å²) in [6, 6.07) is 0. The molecule has 0 saturated carbocycles. The van der Waals surface area contributed by atoms with Gasteiger partial charge in [-0.3, -0.25) is 0 Å². The normalized spacial score (nSPS) is 27.9. The molecule has 0 spiro atoms. The smallest absolute Gasteiger partial charge is 0.107 e. The number of hydrogen-bond acceptors (Lipinski definition) is 3. The molecule has 1 aliphatic heterocycles. The second kappa shape index (κ2) is 4.49. The molecule has 0 bridgehead atoms. The molecule has 0 amide bonds. The number of ether oxygens (including phenoxy) is 2. The van der Waals surface area contributed by atoms with Crippen LogP contribution in [0, 0.1) is 0 Å². The van der Waals surface area contributed by atoms with Crippen molar-refractivity contribution in [3.63, 3.8) is 0 Å². The van der Waals surface area contributed by atoms with Crippen molar-refractivity contribution in [2.75, 3.05) is 19.8 Å². The zero-order valence-electron chi connectivity index (χ0n) is 6.53. The summed E-state index contributed by atoms with van der Waals surface area (Å²) >= 11 is 0. The molecular formula is C8H14O3. The average molecular weight is 158 g/mol. The van der Waals surface area contributed by atoms with E-state index in [2.05, 4.69) is 6.58 Å². The van der Waals surface area contributed by atoms with Crippen LogP contribution < -0.4 is 0 Å². The molecule has 1 fully saturated rings. The summed E-state index contributed by atoms with van der Waals surface area (Å²) in [5.41, 5.74) is 0. The minimum atomic E-state index is -0.465. The Morgan fingerprint density at radius 3 is 3.00 bits per heavy atom. The topological polar surface area (TPSA) is 38.7 Å². The summed E-state index contributed by atoms with van der Waals surface area (Å²) < 4.78 is 10.4. The third-order valence-electron chi connectivity index (χ3n) is 1.68. The Balaban J connectivity index is 2.26. The zero-order valence-corrected chi connectivity index (χ0v) is 6.53. The summed E-state index contributed by atoms with van der Waals surface area (Å²) in [6.45, 7) is 5.25. The maximum absolute atomic E-state index is 9.40. The Hall–Kier alpha value is -0.380. The maximum Gasteiger partial charge on any atom is 0.107 e. The van der Waals surface area contributed by atoms with Gasteiger partial charge in [-0.1, -0.05) is 6.08 Å². The number of rotatable bonds is 3. The maximum atomic E-state index is 9.40. The molecule has 1 N–H and O–H groups in total. The predicted molar refractivity (Wildman–Crippen MR) is 41.4 cm³/mol. The van der Waals surface area contributed by atoms with Crippen LogP contribution in [0.3, 0.4) is 0 Å². The molecule has 0 radical (unpaired) electrons. The van der Waals surface area contributed by atoms with Gasteiger partial charge in [0.2, 0.25) is 0 Å². The quantitative estimate of drug-likeness (QED) is 0.602. The fraction of sp³-hybridized carbons (Fsp3) is 0.750. The Labute approximate surface area is 66.6 Å². The summed E-state index contributed by atoms with van der Waals surface area (Å²) in [7, 11) is 0. The van der Waals surface area contributed by atoms with Gasteiger partial charge in [0.25, 0.3) is 0 Å². The number of aliphatic hydroxyl groups excluding tert-OH is 1. The zero-order chi connectivity index (χ0) is 8.10. The van der Waals surface area contributed by atoms with E-state index in [1.165, 1.54) is 0 Å². The van der Waals surface area contributed by atoms with E-state index < -0.39 is 6.10 Å². The van der Waals surface area contributed by atoms with Crippen molar-refractivity contribution in [3.05, 3.63) is 12.7 Å². The Bertz CT molecular complexity index is 119. The highest BCUT2D eigenvalue weighted by Crippen LogP contribution is 2.08. The van der Waals surface area contributed by atoms with Crippen LogP contribution in [-0.4, -0.2) is 37.1 Å². The Kier molecular flexibility index (Phi) is 3.56. The molecule has 2 atom stereocenters. The van der Waals surface area contributed by atoms with Crippen molar-refractivity contribution in [3.8, 4) is 0 Å². The van der Waals surface area contributed by atoms with Gasteiger partial charge in [-0.2, -0.15) is 0 Å². The molecule has 3 heteroatoms. The lowest BCUT2D eigenvalue weighted by atomic mass is 10.1. The van der Waals surface area contributed by atoms with E-state index in [0.29, 0.717) is 26.2 Å². The van der Waals surface area contributed by atoms with Crippen molar-refractivity contribution in [2.24, 2.45) is 0 Å². The predicted octanol–water partition coefficient (Wildman–Crippen LogP) is 0.339. The standard InChI is InChI=1S/C8H14O3/c1-2-3-7(9)8-6-10-4-5-11-8/h2,7-9H,1,3-6H2. The fourth-order valence-corrected chi connectivity index (χ4v) is 1.05. The summed E-state index contributed by atoms with van der Waals surface area (Å²) in [5, 5.41) is 9.40. The first-order chi connectivity index (χ1) is 5.34. The van der Waals surface area contributed by atoms with Crippen LogP contribution in [0.2, 0.25) is 0 Å². The van der Waals surface area contributed by atoms with Gasteiger partial charge in [0.05, 0.1) is 25.9 Å². The molecule has 0 aromatic rings. The molecule has 0 aromatic heterocycles. The SMILES string of the molecule is C=CCC(O)C1COCCO1. The van der Waals surface area contributed by atoms with Crippen LogP contribution in [0.1, 0.15) is 6.42 Å². The van der Waals surface area contributed by atoms with Gasteiger partial charge in [0, 0.05) is 0 Å². The minimum Gasteiger partial charge on any atom is -0.390 e. The highest BCUT2D eigenvalue weighted by atomic mass is 16.6. The molecule has 64 valence electrons. The number of hydrogen-bond donors (Lipinski definition) is 1. The molecule has 2 unspecified atom stereocenters. The van der Waals surface area contributed by atoms with Gasteiger partial charge >= 0.3 is 0 Å². The van der Waals surface area contributed by atoms with Crippen molar-refractivity contribution < 1.29 is 14.6 Å².